The van der Waals surface area contributed by atoms with Gasteiger partial charge in [0.25, 0.3) is 0 Å². The molecule has 1 aromatic heterocycles. The van der Waals surface area contributed by atoms with Gasteiger partial charge in [-0.25, -0.2) is 0 Å². The van der Waals surface area contributed by atoms with Crippen molar-refractivity contribution in [3.63, 3.8) is 0 Å². The van der Waals surface area contributed by atoms with E-state index in [2.05, 4.69) is 5.10 Å². The summed E-state index contributed by atoms with van der Waals surface area (Å²) < 4.78 is 0.519. The number of aryl methyl sites for hydroxylation is 1. The van der Waals surface area contributed by atoms with Crippen molar-refractivity contribution in [2.75, 3.05) is 0 Å². The first-order valence-corrected chi connectivity index (χ1v) is 3.43. The fourth-order valence-corrected chi connectivity index (χ4v) is 1.02. The van der Waals surface area contributed by atoms with Crippen LogP contribution in [0.1, 0.15) is 10.5 Å². The normalized spacial score (nSPS) is 9.93. The minimum Gasteiger partial charge on any atom is -0.543 e. The zero-order valence-corrected chi connectivity index (χ0v) is 7.24. The smallest absolute Gasteiger partial charge is 0.468 e. The monoisotopic (exact) mass is 215 g/mol. The summed E-state index contributed by atoms with van der Waals surface area (Å²) in [5, 5.41) is 34.3. The SMILES string of the molecule is Cn1nc([N+](=O)[O-])c([N+](=O)[O-])c1C(=O)[O-]. The largest absolute Gasteiger partial charge is 0.543 e. The van der Waals surface area contributed by atoms with Crippen molar-refractivity contribution in [3.8, 4) is 0 Å². The molecule has 0 aromatic carbocycles. The van der Waals surface area contributed by atoms with Gasteiger partial charge in [-0.3, -0.25) is 10.1 Å². The van der Waals surface area contributed by atoms with Crippen LogP contribution in [0.4, 0.5) is 11.5 Å². The lowest BCUT2D eigenvalue weighted by molar-refractivity contribution is -0.425. The molecule has 0 aliphatic rings. The summed E-state index contributed by atoms with van der Waals surface area (Å²) in [7, 11) is 1.03. The molecule has 10 nitrogen and oxygen atoms in total. The van der Waals surface area contributed by atoms with Gasteiger partial charge in [0.2, 0.25) is 0 Å². The predicted molar refractivity (Wildman–Crippen MR) is 40.8 cm³/mol. The number of aromatic nitrogens is 2. The van der Waals surface area contributed by atoms with Crippen LogP contribution in [0.5, 0.6) is 0 Å². The Labute approximate surface area is 81.0 Å². The van der Waals surface area contributed by atoms with Crippen LogP contribution in [0.15, 0.2) is 0 Å². The number of carbonyl (C=O) groups excluding carboxylic acids is 1. The van der Waals surface area contributed by atoms with Gasteiger partial charge in [0.1, 0.15) is 0 Å². The highest BCUT2D eigenvalue weighted by Gasteiger charge is 2.36. The van der Waals surface area contributed by atoms with E-state index < -0.39 is 33.0 Å². The van der Waals surface area contributed by atoms with Crippen molar-refractivity contribution >= 4 is 17.5 Å². The van der Waals surface area contributed by atoms with Crippen LogP contribution < -0.4 is 5.11 Å². The Bertz CT molecular complexity index is 462. The molecule has 0 aliphatic heterocycles. The molecule has 1 rings (SSSR count). The van der Waals surface area contributed by atoms with Gasteiger partial charge in [-0.1, -0.05) is 0 Å². The van der Waals surface area contributed by atoms with Gasteiger partial charge in [-0.05, 0) is 4.92 Å². The van der Waals surface area contributed by atoms with Crippen LogP contribution in [0.3, 0.4) is 0 Å². The molecule has 1 aromatic rings. The van der Waals surface area contributed by atoms with Crippen molar-refractivity contribution in [2.24, 2.45) is 7.05 Å². The number of hydrogen-bond acceptors (Lipinski definition) is 7. The number of carboxylic acids is 1. The first kappa shape index (κ1) is 10.6. The molecule has 10 heteroatoms. The number of carbonyl (C=O) groups is 1. The molecule has 15 heavy (non-hydrogen) atoms. The van der Waals surface area contributed by atoms with E-state index in [1.165, 1.54) is 0 Å². The molecular formula is C5H3N4O6-. The number of carboxylic acid groups (broad SMARTS) is 1. The molecule has 0 fully saturated rings. The van der Waals surface area contributed by atoms with Gasteiger partial charge >= 0.3 is 11.5 Å². The Balaban J connectivity index is 3.59. The second-order valence-electron chi connectivity index (χ2n) is 2.45. The van der Waals surface area contributed by atoms with Gasteiger partial charge in [0, 0.05) is 0 Å². The molecule has 0 aliphatic carbocycles. The lowest BCUT2D eigenvalue weighted by Gasteiger charge is -1.97. The molecule has 0 saturated carbocycles. The first-order chi connectivity index (χ1) is 6.86. The molecule has 0 bridgehead atoms. The summed E-state index contributed by atoms with van der Waals surface area (Å²) in [4.78, 5) is 28.9. The molecule has 0 radical (unpaired) electrons. The van der Waals surface area contributed by atoms with Crippen LogP contribution in [0.25, 0.3) is 0 Å². The fourth-order valence-electron chi connectivity index (χ4n) is 1.02. The van der Waals surface area contributed by atoms with E-state index in [1.807, 2.05) is 0 Å². The zero-order valence-electron chi connectivity index (χ0n) is 7.24. The third-order valence-electron chi connectivity index (χ3n) is 1.55. The van der Waals surface area contributed by atoms with Gasteiger partial charge in [0.15, 0.2) is 5.69 Å². The van der Waals surface area contributed by atoms with E-state index in [0.29, 0.717) is 4.68 Å². The maximum atomic E-state index is 10.5. The molecule has 80 valence electrons. The number of aromatic carboxylic acids is 1. The van der Waals surface area contributed by atoms with E-state index in [9.17, 15) is 30.1 Å². The van der Waals surface area contributed by atoms with Crippen molar-refractivity contribution in [3.05, 3.63) is 25.9 Å². The molecule has 0 N–H and O–H groups in total. The van der Waals surface area contributed by atoms with Gasteiger partial charge in [0.05, 0.1) is 23.0 Å². The van der Waals surface area contributed by atoms with E-state index in [0.717, 1.165) is 7.05 Å². The molecule has 1 heterocycles. The number of rotatable bonds is 3. The van der Waals surface area contributed by atoms with Crippen LogP contribution in [0.2, 0.25) is 0 Å². The molecule has 0 unspecified atom stereocenters. The quantitative estimate of drug-likeness (QED) is 0.445. The highest BCUT2D eigenvalue weighted by Crippen LogP contribution is 2.28. The maximum absolute atomic E-state index is 10.5. The highest BCUT2D eigenvalue weighted by molar-refractivity contribution is 5.90. The average Bonchev–Trinajstić information content (AvgIpc) is 2.42. The fraction of sp³-hybridized carbons (Fsp3) is 0.200. The van der Waals surface area contributed by atoms with E-state index in [1.54, 1.807) is 0 Å². The third kappa shape index (κ3) is 1.59. The second kappa shape index (κ2) is 3.32. The third-order valence-corrected chi connectivity index (χ3v) is 1.55. The Morgan fingerprint density at radius 3 is 2.20 bits per heavy atom. The van der Waals surface area contributed by atoms with E-state index in [-0.39, 0.29) is 0 Å². The number of nitro groups is 2. The average molecular weight is 215 g/mol. The van der Waals surface area contributed by atoms with Crippen molar-refractivity contribution in [1.82, 2.24) is 9.78 Å². The summed E-state index contributed by atoms with van der Waals surface area (Å²) in [6.45, 7) is 0. The molecule has 0 atom stereocenters. The van der Waals surface area contributed by atoms with E-state index >= 15 is 0 Å². The first-order valence-electron chi connectivity index (χ1n) is 3.43. The molecule has 0 amide bonds. The van der Waals surface area contributed by atoms with Crippen LogP contribution in [0, 0.1) is 20.2 Å². The van der Waals surface area contributed by atoms with E-state index in [4.69, 9.17) is 0 Å². The molecule has 0 spiro atoms. The zero-order chi connectivity index (χ0) is 11.7. The summed E-state index contributed by atoms with van der Waals surface area (Å²) in [5.74, 6) is -3.02. The highest BCUT2D eigenvalue weighted by atomic mass is 16.6. The Morgan fingerprint density at radius 2 is 1.87 bits per heavy atom. The van der Waals surface area contributed by atoms with Crippen molar-refractivity contribution < 1.29 is 19.7 Å². The van der Waals surface area contributed by atoms with Gasteiger partial charge in [-0.15, -0.1) is 0 Å². The van der Waals surface area contributed by atoms with Gasteiger partial charge < -0.3 is 20.0 Å². The topological polar surface area (TPSA) is 144 Å². The second-order valence-corrected chi connectivity index (χ2v) is 2.45. The van der Waals surface area contributed by atoms with Gasteiger partial charge in [-0.2, -0.15) is 4.68 Å². The minimum atomic E-state index is -1.90. The van der Waals surface area contributed by atoms with Crippen molar-refractivity contribution in [1.29, 1.82) is 0 Å². The maximum Gasteiger partial charge on any atom is 0.468 e. The van der Waals surface area contributed by atoms with Crippen LogP contribution in [-0.4, -0.2) is 25.6 Å². The Kier molecular flexibility index (Phi) is 2.34. The Hall–Kier alpha value is -2.52. The summed E-state index contributed by atoms with van der Waals surface area (Å²) in [6.07, 6.45) is 0. The van der Waals surface area contributed by atoms with Crippen molar-refractivity contribution in [2.45, 2.75) is 0 Å². The summed E-state index contributed by atoms with van der Waals surface area (Å²) >= 11 is 0. The predicted octanol–water partition coefficient (Wildman–Crippen LogP) is -1.40. The lowest BCUT2D eigenvalue weighted by atomic mass is 10.3. The van der Waals surface area contributed by atoms with Crippen LogP contribution >= 0.6 is 0 Å². The number of nitrogens with zero attached hydrogens (tertiary/aromatic N) is 4. The minimum absolute atomic E-state index is 0.519. The summed E-state index contributed by atoms with van der Waals surface area (Å²) in [6, 6.07) is 0. The molecule has 0 saturated heterocycles. The lowest BCUT2D eigenvalue weighted by Crippen LogP contribution is -2.26. The van der Waals surface area contributed by atoms with Crippen LogP contribution in [-0.2, 0) is 7.05 Å². The number of hydrogen-bond donors (Lipinski definition) is 0. The summed E-state index contributed by atoms with van der Waals surface area (Å²) in [5.41, 5.74) is -2.12. The standard InChI is InChI=1S/C5H4N4O6/c1-7-3(5(10)11)2(8(12)13)4(6-7)9(14)15/h1H3,(H,10,11)/p-1. The Morgan fingerprint density at radius 1 is 1.33 bits per heavy atom. The molecular weight excluding hydrogens is 212 g/mol.